The number of fused-ring (bicyclic) bond motifs is 1. The van der Waals surface area contributed by atoms with Crippen LogP contribution >= 0.6 is 0 Å². The number of hydrogen-bond acceptors (Lipinski definition) is 7. The topological polar surface area (TPSA) is 107 Å². The van der Waals surface area contributed by atoms with Crippen LogP contribution in [0.4, 0.5) is 5.82 Å². The largest absolute Gasteiger partial charge is 0.306 e. The van der Waals surface area contributed by atoms with Crippen molar-refractivity contribution in [3.05, 3.63) is 48.7 Å². The maximum Gasteiger partial charge on any atom is 0.278 e. The number of carbonyl (C=O) groups is 1. The van der Waals surface area contributed by atoms with Crippen LogP contribution in [0.25, 0.3) is 22.2 Å². The van der Waals surface area contributed by atoms with E-state index in [9.17, 15) is 4.79 Å². The number of hydrogen-bond donors (Lipinski definition) is 1. The molecule has 0 unspecified atom stereocenters. The van der Waals surface area contributed by atoms with Gasteiger partial charge in [-0.3, -0.25) is 9.48 Å². The van der Waals surface area contributed by atoms with E-state index >= 15 is 0 Å². The van der Waals surface area contributed by atoms with Crippen molar-refractivity contribution in [2.24, 2.45) is 7.05 Å². The lowest BCUT2D eigenvalue weighted by atomic mass is 10.1. The van der Waals surface area contributed by atoms with Gasteiger partial charge < -0.3 is 10.2 Å². The molecule has 0 spiro atoms. The molecule has 0 aliphatic carbocycles. The summed E-state index contributed by atoms with van der Waals surface area (Å²) in [6.07, 6.45) is 9.08. The van der Waals surface area contributed by atoms with Gasteiger partial charge in [-0.1, -0.05) is 5.21 Å². The van der Waals surface area contributed by atoms with Crippen molar-refractivity contribution in [2.75, 3.05) is 25.5 Å². The molecule has 1 amide bonds. The molecule has 0 atom stereocenters. The van der Waals surface area contributed by atoms with Crippen molar-refractivity contribution < 1.29 is 4.79 Å². The van der Waals surface area contributed by atoms with Crippen LogP contribution in [0.15, 0.2) is 43.0 Å². The molecule has 1 fully saturated rings. The highest BCUT2D eigenvalue weighted by Gasteiger charge is 2.21. The van der Waals surface area contributed by atoms with E-state index in [1.54, 1.807) is 34.0 Å². The summed E-state index contributed by atoms with van der Waals surface area (Å²) in [6, 6.07) is 5.92. The summed E-state index contributed by atoms with van der Waals surface area (Å²) in [4.78, 5) is 24.0. The second-order valence-electron chi connectivity index (χ2n) is 7.93. The first-order chi connectivity index (χ1) is 15.0. The number of amides is 1. The molecule has 4 aromatic heterocycles. The Hall–Kier alpha value is -3.66. The van der Waals surface area contributed by atoms with E-state index in [0.717, 1.165) is 48.1 Å². The van der Waals surface area contributed by atoms with E-state index in [2.05, 4.69) is 37.7 Å². The number of carbonyl (C=O) groups excluding carboxylic acids is 1. The van der Waals surface area contributed by atoms with E-state index in [-0.39, 0.29) is 17.6 Å². The summed E-state index contributed by atoms with van der Waals surface area (Å²) in [7, 11) is 3.98. The number of rotatable bonds is 4. The van der Waals surface area contributed by atoms with Crippen LogP contribution in [0.5, 0.6) is 0 Å². The first-order valence-electron chi connectivity index (χ1n) is 10.2. The van der Waals surface area contributed by atoms with Crippen molar-refractivity contribution >= 4 is 22.6 Å². The minimum absolute atomic E-state index is 0.276. The van der Waals surface area contributed by atoms with Crippen LogP contribution in [0.3, 0.4) is 0 Å². The zero-order valence-corrected chi connectivity index (χ0v) is 17.4. The Labute approximate surface area is 178 Å². The zero-order chi connectivity index (χ0) is 21.4. The number of nitrogens with zero attached hydrogens (tertiary/aromatic N) is 8. The maximum atomic E-state index is 12.7. The molecule has 0 radical (unpaired) electrons. The molecule has 1 saturated heterocycles. The van der Waals surface area contributed by atoms with Crippen LogP contribution in [-0.2, 0) is 7.05 Å². The third kappa shape index (κ3) is 4.02. The molecule has 0 aromatic carbocycles. The minimum atomic E-state index is -0.338. The summed E-state index contributed by atoms with van der Waals surface area (Å²) >= 11 is 0. The number of aromatic nitrogens is 7. The minimum Gasteiger partial charge on any atom is -0.306 e. The normalized spacial score (nSPS) is 15.4. The summed E-state index contributed by atoms with van der Waals surface area (Å²) in [5.74, 6) is 0.0802. The molecule has 4 aromatic rings. The molecular formula is C21H23N9O. The van der Waals surface area contributed by atoms with Crippen LogP contribution in [0.1, 0.15) is 29.4 Å². The lowest BCUT2D eigenvalue weighted by molar-refractivity contribution is 0.102. The number of aryl methyl sites for hydroxylation is 1. The van der Waals surface area contributed by atoms with Crippen molar-refractivity contribution in [1.29, 1.82) is 0 Å². The average Bonchev–Trinajstić information content (AvgIpc) is 3.43. The van der Waals surface area contributed by atoms with Crippen LogP contribution in [-0.4, -0.2) is 65.7 Å². The quantitative estimate of drug-likeness (QED) is 0.542. The second kappa shape index (κ2) is 7.88. The Morgan fingerprint density at radius 2 is 1.97 bits per heavy atom. The third-order valence-corrected chi connectivity index (χ3v) is 5.62. The van der Waals surface area contributed by atoms with E-state index in [4.69, 9.17) is 4.98 Å². The van der Waals surface area contributed by atoms with E-state index in [1.807, 2.05) is 25.4 Å². The monoisotopic (exact) mass is 417 g/mol. The van der Waals surface area contributed by atoms with Gasteiger partial charge in [-0.25, -0.2) is 14.6 Å². The third-order valence-electron chi connectivity index (χ3n) is 5.62. The van der Waals surface area contributed by atoms with Gasteiger partial charge in [0.2, 0.25) is 0 Å². The van der Waals surface area contributed by atoms with Gasteiger partial charge in [0, 0.05) is 36.5 Å². The lowest BCUT2D eigenvalue weighted by Gasteiger charge is -2.28. The van der Waals surface area contributed by atoms with Gasteiger partial charge in [0.1, 0.15) is 5.82 Å². The number of piperidine rings is 1. The molecule has 1 aliphatic rings. The zero-order valence-electron chi connectivity index (χ0n) is 17.4. The van der Waals surface area contributed by atoms with Gasteiger partial charge in [0.25, 0.3) is 5.91 Å². The van der Waals surface area contributed by atoms with E-state index in [1.165, 1.54) is 0 Å². The number of likely N-dealkylation sites (tertiary alicyclic amines) is 1. The van der Waals surface area contributed by atoms with Crippen molar-refractivity contribution in [1.82, 2.24) is 39.6 Å². The smallest absolute Gasteiger partial charge is 0.278 e. The highest BCUT2D eigenvalue weighted by molar-refractivity contribution is 6.02. The van der Waals surface area contributed by atoms with Gasteiger partial charge in [0.15, 0.2) is 5.69 Å². The molecule has 0 bridgehead atoms. The molecule has 5 heterocycles. The molecular weight excluding hydrogens is 394 g/mol. The first kappa shape index (κ1) is 19.3. The Morgan fingerprint density at radius 1 is 1.13 bits per heavy atom. The van der Waals surface area contributed by atoms with Crippen molar-refractivity contribution in [3.63, 3.8) is 0 Å². The number of anilines is 1. The Morgan fingerprint density at radius 3 is 2.74 bits per heavy atom. The number of pyridine rings is 2. The van der Waals surface area contributed by atoms with Gasteiger partial charge in [-0.05, 0) is 45.1 Å². The Kier molecular flexibility index (Phi) is 4.91. The second-order valence-corrected chi connectivity index (χ2v) is 7.93. The van der Waals surface area contributed by atoms with Crippen molar-refractivity contribution in [3.8, 4) is 11.3 Å². The highest BCUT2D eigenvalue weighted by atomic mass is 16.2. The predicted octanol–water partition coefficient (Wildman–Crippen LogP) is 2.14. The predicted molar refractivity (Wildman–Crippen MR) is 115 cm³/mol. The molecule has 158 valence electrons. The van der Waals surface area contributed by atoms with Gasteiger partial charge >= 0.3 is 0 Å². The molecule has 31 heavy (non-hydrogen) atoms. The first-order valence-corrected chi connectivity index (χ1v) is 10.2. The summed E-state index contributed by atoms with van der Waals surface area (Å²) < 4.78 is 3.54. The summed E-state index contributed by atoms with van der Waals surface area (Å²) in [6.45, 7) is 2.03. The van der Waals surface area contributed by atoms with Gasteiger partial charge in [-0.15, -0.1) is 5.10 Å². The molecule has 1 aliphatic heterocycles. The fourth-order valence-corrected chi connectivity index (χ4v) is 3.80. The molecule has 0 saturated carbocycles. The lowest BCUT2D eigenvalue weighted by Crippen LogP contribution is -2.31. The van der Waals surface area contributed by atoms with Crippen molar-refractivity contribution in [2.45, 2.75) is 18.9 Å². The maximum absolute atomic E-state index is 12.7. The molecule has 5 rings (SSSR count). The average molecular weight is 417 g/mol. The highest BCUT2D eigenvalue weighted by Crippen LogP contribution is 2.23. The van der Waals surface area contributed by atoms with Crippen LogP contribution in [0, 0.1) is 0 Å². The molecule has 10 heteroatoms. The fraction of sp³-hybridized carbons (Fsp3) is 0.333. The fourth-order valence-electron chi connectivity index (χ4n) is 3.80. The standard InChI is InChI=1S/C21H23N9O/c1-28-7-5-16(6-8-28)30-13-19(26-27-30)21(31)25-20-9-18-14(10-22-20)3-4-17(24-18)15-11-23-29(2)12-15/h3-4,9-13,16H,5-8H2,1-2H3,(H,22,25,31). The van der Waals surface area contributed by atoms with E-state index in [0.29, 0.717) is 5.82 Å². The van der Waals surface area contributed by atoms with Gasteiger partial charge in [-0.2, -0.15) is 5.10 Å². The molecule has 10 nitrogen and oxygen atoms in total. The van der Waals surface area contributed by atoms with Gasteiger partial charge in [0.05, 0.1) is 29.6 Å². The van der Waals surface area contributed by atoms with E-state index < -0.39 is 0 Å². The van der Waals surface area contributed by atoms with Crippen LogP contribution < -0.4 is 5.32 Å². The molecule has 1 N–H and O–H groups in total. The number of nitrogens with one attached hydrogen (secondary N) is 1. The SMILES string of the molecule is CN1CCC(n2cc(C(=O)Nc3cc4nc(-c5cnn(C)c5)ccc4cn3)nn2)CC1. The van der Waals surface area contributed by atoms with Crippen LogP contribution in [0.2, 0.25) is 0 Å². The summed E-state index contributed by atoms with van der Waals surface area (Å²) in [5.41, 5.74) is 2.75. The Balaban J connectivity index is 1.33. The summed E-state index contributed by atoms with van der Waals surface area (Å²) in [5, 5.41) is 16.1. The Bertz CT molecular complexity index is 1240.